The molecule has 166 valence electrons. The fourth-order valence-electron chi connectivity index (χ4n) is 2.88. The van der Waals surface area contributed by atoms with Gasteiger partial charge in [0.2, 0.25) is 0 Å². The van der Waals surface area contributed by atoms with Crippen LogP contribution in [-0.2, 0) is 34.4 Å². The summed E-state index contributed by atoms with van der Waals surface area (Å²) in [6, 6.07) is 0. The number of nitrogens with zero attached hydrogens (tertiary/aromatic N) is 4. The summed E-state index contributed by atoms with van der Waals surface area (Å²) in [4.78, 5) is 24.0. The molecule has 0 saturated carbocycles. The Morgan fingerprint density at radius 2 is 2.03 bits per heavy atom. The van der Waals surface area contributed by atoms with Crippen LogP contribution in [-0.4, -0.2) is 57.3 Å². The highest BCUT2D eigenvalue weighted by Crippen LogP contribution is 2.51. The van der Waals surface area contributed by atoms with Crippen molar-refractivity contribution in [1.82, 2.24) is 19.5 Å². The minimum absolute atomic E-state index is 0.0120. The summed E-state index contributed by atoms with van der Waals surface area (Å²) < 4.78 is 36.0. The number of nitrogens with two attached hydrogens (primary N) is 1. The molecule has 0 unspecified atom stereocenters. The van der Waals surface area contributed by atoms with Gasteiger partial charge in [-0.05, 0) is 27.2 Å². The summed E-state index contributed by atoms with van der Waals surface area (Å²) in [5.41, 5.74) is 6.39. The number of imidazole rings is 1. The van der Waals surface area contributed by atoms with Crippen molar-refractivity contribution in [2.45, 2.75) is 45.8 Å². The smallest absolute Gasteiger partial charge is 0.356 e. The number of nitrogen functional groups attached to an aromatic ring is 1. The second-order valence-corrected chi connectivity index (χ2v) is 10.1. The van der Waals surface area contributed by atoms with Gasteiger partial charge in [-0.15, -0.1) is 0 Å². The average molecular weight is 441 g/mol. The van der Waals surface area contributed by atoms with Crippen molar-refractivity contribution in [3.05, 3.63) is 12.7 Å². The molecular weight excluding hydrogens is 413 g/mol. The van der Waals surface area contributed by atoms with Crippen molar-refractivity contribution in [3.8, 4) is 0 Å². The van der Waals surface area contributed by atoms with E-state index in [9.17, 15) is 9.36 Å². The van der Waals surface area contributed by atoms with Crippen LogP contribution in [0.3, 0.4) is 0 Å². The molecule has 0 aromatic carbocycles. The average Bonchev–Trinajstić information content (AvgIpc) is 3.08. The lowest BCUT2D eigenvalue weighted by Crippen LogP contribution is -2.26. The largest absolute Gasteiger partial charge is 0.460 e. The predicted molar refractivity (Wildman–Crippen MR) is 109 cm³/mol. The van der Waals surface area contributed by atoms with Gasteiger partial charge >= 0.3 is 13.6 Å². The van der Waals surface area contributed by atoms with Gasteiger partial charge in [-0.3, -0.25) is 9.36 Å². The SMILES string of the molecule is CC(C)(C)OC(=O)CCC1COP(=O)(COCCn2cnc3c(N)ncnc32)OC1. The van der Waals surface area contributed by atoms with Crippen LogP contribution in [0.15, 0.2) is 12.7 Å². The molecule has 3 heterocycles. The van der Waals surface area contributed by atoms with Crippen LogP contribution in [0.2, 0.25) is 0 Å². The van der Waals surface area contributed by atoms with Crippen LogP contribution in [0.5, 0.6) is 0 Å². The van der Waals surface area contributed by atoms with Gasteiger partial charge in [-0.1, -0.05) is 0 Å². The zero-order chi connectivity index (χ0) is 21.8. The Kier molecular flexibility index (Phi) is 7.07. The molecular formula is C18H28N5O6P. The number of carbonyl (C=O) groups is 1. The fourth-order valence-corrected chi connectivity index (χ4v) is 4.33. The molecule has 0 aliphatic carbocycles. The summed E-state index contributed by atoms with van der Waals surface area (Å²) in [6.45, 7) is 6.71. The lowest BCUT2D eigenvalue weighted by molar-refractivity contribution is -0.155. The van der Waals surface area contributed by atoms with Crippen LogP contribution in [0.4, 0.5) is 5.82 Å². The van der Waals surface area contributed by atoms with E-state index in [1.54, 1.807) is 10.9 Å². The first-order chi connectivity index (χ1) is 14.2. The zero-order valence-electron chi connectivity index (χ0n) is 17.4. The Morgan fingerprint density at radius 3 is 2.73 bits per heavy atom. The van der Waals surface area contributed by atoms with Crippen molar-refractivity contribution in [2.75, 3.05) is 31.9 Å². The van der Waals surface area contributed by atoms with E-state index in [1.807, 2.05) is 20.8 Å². The quantitative estimate of drug-likeness (QED) is 0.369. The molecule has 1 aliphatic heterocycles. The number of anilines is 1. The highest BCUT2D eigenvalue weighted by atomic mass is 31.2. The van der Waals surface area contributed by atoms with Crippen LogP contribution >= 0.6 is 7.60 Å². The molecule has 2 N–H and O–H groups in total. The lowest BCUT2D eigenvalue weighted by atomic mass is 10.1. The number of aromatic nitrogens is 4. The molecule has 1 aliphatic rings. The topological polar surface area (TPSA) is 141 Å². The van der Waals surface area contributed by atoms with E-state index in [-0.39, 0.29) is 44.5 Å². The van der Waals surface area contributed by atoms with Crippen molar-refractivity contribution in [3.63, 3.8) is 0 Å². The Balaban J connectivity index is 1.37. The summed E-state index contributed by atoms with van der Waals surface area (Å²) in [7, 11) is -3.30. The monoisotopic (exact) mass is 441 g/mol. The normalized spacial score (nSPS) is 22.3. The van der Waals surface area contributed by atoms with Crippen LogP contribution in [0.25, 0.3) is 11.2 Å². The standard InChI is InChI=1S/C18H28N5O6P/c1-18(2,3)29-14(24)5-4-13-8-27-30(25,28-9-13)12-26-7-6-23-11-22-15-16(19)20-10-21-17(15)23/h10-11,13H,4-9,12H2,1-3H3,(H2,19,20,21). The summed E-state index contributed by atoms with van der Waals surface area (Å²) >= 11 is 0. The molecule has 0 atom stereocenters. The number of hydrogen-bond acceptors (Lipinski definition) is 10. The van der Waals surface area contributed by atoms with Gasteiger partial charge in [0.15, 0.2) is 11.5 Å². The third-order valence-electron chi connectivity index (χ3n) is 4.35. The Bertz CT molecular complexity index is 915. The molecule has 0 radical (unpaired) electrons. The first-order valence-electron chi connectivity index (χ1n) is 9.74. The summed E-state index contributed by atoms with van der Waals surface area (Å²) in [5.74, 6) is 0.0371. The third kappa shape index (κ3) is 6.21. The van der Waals surface area contributed by atoms with Crippen molar-refractivity contribution in [1.29, 1.82) is 0 Å². The Labute approximate surface area is 174 Å². The minimum Gasteiger partial charge on any atom is -0.460 e. The second-order valence-electron chi connectivity index (χ2n) is 8.10. The van der Waals surface area contributed by atoms with E-state index in [4.69, 9.17) is 24.3 Å². The van der Waals surface area contributed by atoms with E-state index < -0.39 is 13.2 Å². The van der Waals surface area contributed by atoms with Gasteiger partial charge in [0.05, 0.1) is 26.1 Å². The number of carbonyl (C=O) groups excluding carboxylic acids is 1. The van der Waals surface area contributed by atoms with Gasteiger partial charge in [-0.25, -0.2) is 15.0 Å². The first kappa shape index (κ1) is 22.6. The molecule has 2 aromatic heterocycles. The molecule has 30 heavy (non-hydrogen) atoms. The van der Waals surface area contributed by atoms with Gasteiger partial charge in [0.25, 0.3) is 0 Å². The fraction of sp³-hybridized carbons (Fsp3) is 0.667. The number of rotatable bonds is 8. The first-order valence-corrected chi connectivity index (χ1v) is 11.5. The maximum absolute atomic E-state index is 12.6. The molecule has 1 saturated heterocycles. The molecule has 12 heteroatoms. The van der Waals surface area contributed by atoms with Crippen LogP contribution in [0.1, 0.15) is 33.6 Å². The van der Waals surface area contributed by atoms with Gasteiger partial charge in [0, 0.05) is 18.9 Å². The van der Waals surface area contributed by atoms with E-state index >= 15 is 0 Å². The zero-order valence-corrected chi connectivity index (χ0v) is 18.3. The van der Waals surface area contributed by atoms with Crippen molar-refractivity contribution >= 4 is 30.5 Å². The number of fused-ring (bicyclic) bond motifs is 1. The van der Waals surface area contributed by atoms with E-state index in [1.165, 1.54) is 6.33 Å². The van der Waals surface area contributed by atoms with E-state index in [0.29, 0.717) is 29.9 Å². The molecule has 0 amide bonds. The maximum Gasteiger partial charge on any atom is 0.356 e. The van der Waals surface area contributed by atoms with E-state index in [2.05, 4.69) is 15.0 Å². The maximum atomic E-state index is 12.6. The van der Waals surface area contributed by atoms with Crippen LogP contribution < -0.4 is 5.73 Å². The second kappa shape index (κ2) is 9.38. The number of esters is 1. The molecule has 0 bridgehead atoms. The Hall–Kier alpha value is -2.07. The summed E-state index contributed by atoms with van der Waals surface area (Å²) in [5, 5.41) is 0. The van der Waals surface area contributed by atoms with Gasteiger partial charge in [0.1, 0.15) is 23.8 Å². The van der Waals surface area contributed by atoms with Gasteiger partial charge in [-0.2, -0.15) is 0 Å². The summed E-state index contributed by atoms with van der Waals surface area (Å²) in [6.07, 6.45) is 3.65. The van der Waals surface area contributed by atoms with Crippen molar-refractivity contribution in [2.24, 2.45) is 5.92 Å². The lowest BCUT2D eigenvalue weighted by Gasteiger charge is -2.29. The molecule has 11 nitrogen and oxygen atoms in total. The molecule has 1 fully saturated rings. The highest BCUT2D eigenvalue weighted by Gasteiger charge is 2.33. The van der Waals surface area contributed by atoms with E-state index in [0.717, 1.165) is 0 Å². The van der Waals surface area contributed by atoms with Gasteiger partial charge < -0.3 is 28.8 Å². The predicted octanol–water partition coefficient (Wildman–Crippen LogP) is 2.36. The highest BCUT2D eigenvalue weighted by molar-refractivity contribution is 7.53. The Morgan fingerprint density at radius 1 is 1.30 bits per heavy atom. The minimum atomic E-state index is -3.30. The van der Waals surface area contributed by atoms with Crippen molar-refractivity contribution < 1.29 is 27.9 Å². The van der Waals surface area contributed by atoms with Crippen LogP contribution in [0, 0.1) is 5.92 Å². The molecule has 0 spiro atoms. The molecule has 3 rings (SSSR count). The third-order valence-corrected chi connectivity index (χ3v) is 5.93. The number of ether oxygens (including phenoxy) is 2. The molecule has 2 aromatic rings. The number of hydrogen-bond donors (Lipinski definition) is 1.